The van der Waals surface area contributed by atoms with Gasteiger partial charge in [0.05, 0.1) is 23.8 Å². The molecule has 0 spiro atoms. The first-order valence-electron chi connectivity index (χ1n) is 6.72. The summed E-state index contributed by atoms with van der Waals surface area (Å²) in [6.45, 7) is 2.02. The van der Waals surface area contributed by atoms with E-state index in [0.29, 0.717) is 29.0 Å². The molecule has 0 aliphatic heterocycles. The molecule has 2 aromatic carbocycles. The van der Waals surface area contributed by atoms with Crippen LogP contribution < -0.4 is 5.32 Å². The Morgan fingerprint density at radius 2 is 1.86 bits per heavy atom. The second-order valence-corrected chi connectivity index (χ2v) is 4.44. The van der Waals surface area contributed by atoms with Crippen molar-refractivity contribution in [3.8, 4) is 6.07 Å². The highest BCUT2D eigenvalue weighted by Gasteiger charge is 2.09. The zero-order valence-corrected chi connectivity index (χ0v) is 12.0. The molecule has 5 nitrogen and oxygen atoms in total. The van der Waals surface area contributed by atoms with Gasteiger partial charge in [0.25, 0.3) is 5.91 Å². The highest BCUT2D eigenvalue weighted by atomic mass is 16.5. The average molecular weight is 294 g/mol. The number of nitrogens with zero attached hydrogens (tertiary/aromatic N) is 1. The summed E-state index contributed by atoms with van der Waals surface area (Å²) in [7, 11) is 0. The number of hydrogen-bond donors (Lipinski definition) is 1. The molecule has 0 unspecified atom stereocenters. The normalized spacial score (nSPS) is 9.64. The fourth-order valence-electron chi connectivity index (χ4n) is 1.84. The summed E-state index contributed by atoms with van der Waals surface area (Å²) in [5.74, 6) is -0.748. The van der Waals surface area contributed by atoms with E-state index in [2.05, 4.69) is 5.32 Å². The number of hydrogen-bond acceptors (Lipinski definition) is 4. The van der Waals surface area contributed by atoms with Crippen LogP contribution >= 0.6 is 0 Å². The van der Waals surface area contributed by atoms with Crippen molar-refractivity contribution in [2.24, 2.45) is 0 Å². The van der Waals surface area contributed by atoms with E-state index in [9.17, 15) is 9.59 Å². The zero-order valence-electron chi connectivity index (χ0n) is 12.0. The van der Waals surface area contributed by atoms with Gasteiger partial charge in [0.1, 0.15) is 0 Å². The van der Waals surface area contributed by atoms with E-state index in [4.69, 9.17) is 10.00 Å². The van der Waals surface area contributed by atoms with E-state index in [1.807, 2.05) is 6.07 Å². The molecule has 0 aliphatic carbocycles. The quantitative estimate of drug-likeness (QED) is 0.879. The SMILES string of the molecule is CCOC(=O)c1cccc(NC(=O)c2ccc(C#N)cc2)c1. The first kappa shape index (κ1) is 15.3. The number of benzene rings is 2. The van der Waals surface area contributed by atoms with Crippen LogP contribution in [0, 0.1) is 11.3 Å². The van der Waals surface area contributed by atoms with Crippen molar-refractivity contribution in [2.75, 3.05) is 11.9 Å². The molecule has 0 heterocycles. The van der Waals surface area contributed by atoms with Crippen molar-refractivity contribution in [1.29, 1.82) is 5.26 Å². The number of anilines is 1. The average Bonchev–Trinajstić information content (AvgIpc) is 2.55. The first-order valence-corrected chi connectivity index (χ1v) is 6.72. The molecule has 0 aliphatic rings. The summed E-state index contributed by atoms with van der Waals surface area (Å²) in [6.07, 6.45) is 0. The number of nitrogens with one attached hydrogen (secondary N) is 1. The van der Waals surface area contributed by atoms with Gasteiger partial charge in [0.2, 0.25) is 0 Å². The van der Waals surface area contributed by atoms with E-state index in [0.717, 1.165) is 0 Å². The Kier molecular flexibility index (Phi) is 4.89. The Morgan fingerprint density at radius 1 is 1.14 bits per heavy atom. The van der Waals surface area contributed by atoms with E-state index >= 15 is 0 Å². The number of ether oxygens (including phenoxy) is 1. The number of amides is 1. The van der Waals surface area contributed by atoms with E-state index in [1.165, 1.54) is 0 Å². The highest BCUT2D eigenvalue weighted by molar-refractivity contribution is 6.04. The molecule has 0 bridgehead atoms. The molecule has 0 saturated heterocycles. The fraction of sp³-hybridized carbons (Fsp3) is 0.118. The number of rotatable bonds is 4. The van der Waals surface area contributed by atoms with Gasteiger partial charge in [-0.25, -0.2) is 4.79 Å². The molecule has 2 rings (SSSR count). The molecule has 110 valence electrons. The summed E-state index contributed by atoms with van der Waals surface area (Å²) in [5, 5.41) is 11.4. The van der Waals surface area contributed by atoms with Gasteiger partial charge in [0.15, 0.2) is 0 Å². The predicted molar refractivity (Wildman–Crippen MR) is 81.5 cm³/mol. The molecule has 22 heavy (non-hydrogen) atoms. The van der Waals surface area contributed by atoms with Crippen molar-refractivity contribution in [3.05, 3.63) is 65.2 Å². The third-order valence-corrected chi connectivity index (χ3v) is 2.91. The number of nitriles is 1. The molecule has 2 aromatic rings. The minimum atomic E-state index is -0.433. The van der Waals surface area contributed by atoms with Crippen LogP contribution in [0.15, 0.2) is 48.5 Å². The van der Waals surface area contributed by atoms with Crippen LogP contribution in [-0.4, -0.2) is 18.5 Å². The molecule has 1 amide bonds. The Bertz CT molecular complexity index is 730. The maximum absolute atomic E-state index is 12.1. The van der Waals surface area contributed by atoms with Crippen molar-refractivity contribution in [2.45, 2.75) is 6.92 Å². The van der Waals surface area contributed by atoms with Crippen molar-refractivity contribution in [1.82, 2.24) is 0 Å². The van der Waals surface area contributed by atoms with E-state index in [1.54, 1.807) is 55.5 Å². The molecule has 0 saturated carbocycles. The number of carbonyl (C=O) groups excluding carboxylic acids is 2. The van der Waals surface area contributed by atoms with Crippen LogP contribution in [0.1, 0.15) is 33.2 Å². The smallest absolute Gasteiger partial charge is 0.338 e. The molecule has 1 N–H and O–H groups in total. The van der Waals surface area contributed by atoms with Crippen LogP contribution in [0.5, 0.6) is 0 Å². The maximum atomic E-state index is 12.1. The van der Waals surface area contributed by atoms with Crippen molar-refractivity contribution in [3.63, 3.8) is 0 Å². The largest absolute Gasteiger partial charge is 0.462 e. The highest BCUT2D eigenvalue weighted by Crippen LogP contribution is 2.13. The summed E-state index contributed by atoms with van der Waals surface area (Å²) < 4.78 is 4.92. The van der Waals surface area contributed by atoms with Crippen LogP contribution in [0.4, 0.5) is 5.69 Å². The third kappa shape index (κ3) is 3.70. The number of esters is 1. The van der Waals surface area contributed by atoms with Gasteiger partial charge in [-0.05, 0) is 49.4 Å². The zero-order chi connectivity index (χ0) is 15.9. The van der Waals surface area contributed by atoms with Gasteiger partial charge < -0.3 is 10.1 Å². The Labute approximate surface area is 128 Å². The van der Waals surface area contributed by atoms with Gasteiger partial charge in [0, 0.05) is 11.3 Å². The molecule has 0 aromatic heterocycles. The number of carbonyl (C=O) groups is 2. The molecule has 0 atom stereocenters. The lowest BCUT2D eigenvalue weighted by Crippen LogP contribution is -2.12. The summed E-state index contributed by atoms with van der Waals surface area (Å²) in [4.78, 5) is 23.8. The molecular weight excluding hydrogens is 280 g/mol. The monoisotopic (exact) mass is 294 g/mol. The Hall–Kier alpha value is -3.13. The molecular formula is C17H14N2O3. The van der Waals surface area contributed by atoms with Gasteiger partial charge in [-0.1, -0.05) is 6.07 Å². The third-order valence-electron chi connectivity index (χ3n) is 2.91. The Balaban J connectivity index is 2.12. The van der Waals surface area contributed by atoms with Crippen LogP contribution in [-0.2, 0) is 4.74 Å². The minimum Gasteiger partial charge on any atom is -0.462 e. The second-order valence-electron chi connectivity index (χ2n) is 4.44. The lowest BCUT2D eigenvalue weighted by Gasteiger charge is -2.07. The topological polar surface area (TPSA) is 79.2 Å². The van der Waals surface area contributed by atoms with Gasteiger partial charge in [-0.2, -0.15) is 5.26 Å². The fourth-order valence-corrected chi connectivity index (χ4v) is 1.84. The van der Waals surface area contributed by atoms with Crippen LogP contribution in [0.25, 0.3) is 0 Å². The summed E-state index contributed by atoms with van der Waals surface area (Å²) in [6, 6.07) is 14.8. The van der Waals surface area contributed by atoms with Gasteiger partial charge in [-0.15, -0.1) is 0 Å². The van der Waals surface area contributed by atoms with Gasteiger partial charge in [-0.3, -0.25) is 4.79 Å². The second kappa shape index (κ2) is 7.04. The first-order chi connectivity index (χ1) is 10.6. The van der Waals surface area contributed by atoms with Crippen LogP contribution in [0.3, 0.4) is 0 Å². The standard InChI is InChI=1S/C17H14N2O3/c1-2-22-17(21)14-4-3-5-15(10-14)19-16(20)13-8-6-12(11-18)7-9-13/h3-10H,2H2,1H3,(H,19,20). The lowest BCUT2D eigenvalue weighted by atomic mass is 10.1. The summed E-state index contributed by atoms with van der Waals surface area (Å²) >= 11 is 0. The van der Waals surface area contributed by atoms with Gasteiger partial charge >= 0.3 is 5.97 Å². The molecule has 5 heteroatoms. The van der Waals surface area contributed by atoms with E-state index in [-0.39, 0.29) is 5.91 Å². The summed E-state index contributed by atoms with van der Waals surface area (Å²) in [5.41, 5.74) is 1.79. The Morgan fingerprint density at radius 3 is 2.50 bits per heavy atom. The molecule has 0 fully saturated rings. The van der Waals surface area contributed by atoms with Crippen molar-refractivity contribution < 1.29 is 14.3 Å². The lowest BCUT2D eigenvalue weighted by molar-refractivity contribution is 0.0526. The van der Waals surface area contributed by atoms with E-state index < -0.39 is 5.97 Å². The minimum absolute atomic E-state index is 0.292. The maximum Gasteiger partial charge on any atom is 0.338 e. The predicted octanol–water partition coefficient (Wildman–Crippen LogP) is 2.99. The van der Waals surface area contributed by atoms with Crippen molar-refractivity contribution >= 4 is 17.6 Å². The van der Waals surface area contributed by atoms with Crippen LogP contribution in [0.2, 0.25) is 0 Å². The molecule has 0 radical (unpaired) electrons.